The normalized spacial score (nSPS) is 15.6. The van der Waals surface area contributed by atoms with Gasteiger partial charge in [0, 0.05) is 34.9 Å². The third-order valence-electron chi connectivity index (χ3n) is 7.65. The van der Waals surface area contributed by atoms with Crippen molar-refractivity contribution in [3.63, 3.8) is 0 Å². The molecule has 1 unspecified atom stereocenters. The molecule has 0 bridgehead atoms. The maximum Gasteiger partial charge on any atom is 0.490 e. The number of nitrogens with two attached hydrogens (primary N) is 1. The topological polar surface area (TPSA) is 162 Å². The van der Waals surface area contributed by atoms with Crippen LogP contribution in [-0.2, 0) is 25.2 Å². The van der Waals surface area contributed by atoms with Crippen LogP contribution in [0.4, 0.5) is 29.3 Å². The number of amides is 3. The summed E-state index contributed by atoms with van der Waals surface area (Å²) in [7, 11) is -4.47. The molecule has 1 aliphatic rings. The van der Waals surface area contributed by atoms with Gasteiger partial charge in [-0.2, -0.15) is 13.2 Å². The van der Waals surface area contributed by atoms with Gasteiger partial charge in [-0.05, 0) is 82.2 Å². The summed E-state index contributed by atoms with van der Waals surface area (Å²) < 4.78 is 60.9. The zero-order chi connectivity index (χ0) is 37.4. The maximum absolute atomic E-state index is 14.6. The highest BCUT2D eigenvalue weighted by Crippen LogP contribution is 2.50. The third kappa shape index (κ3) is 8.82. The Labute approximate surface area is 302 Å². The van der Waals surface area contributed by atoms with Gasteiger partial charge in [-0.25, -0.2) is 22.3 Å². The number of carboxylic acid groups (broad SMARTS) is 1. The van der Waals surface area contributed by atoms with Crippen LogP contribution in [0.1, 0.15) is 44.2 Å². The fraction of sp³-hybridized carbons (Fsp3) is 0.344. The predicted molar refractivity (Wildman–Crippen MR) is 186 cm³/mol. The Kier molecular flexibility index (Phi) is 13.9. The van der Waals surface area contributed by atoms with Gasteiger partial charge >= 0.3 is 18.2 Å². The second kappa shape index (κ2) is 17.1. The molecular weight excluding hydrogens is 746 g/mol. The van der Waals surface area contributed by atoms with E-state index < -0.39 is 33.6 Å². The number of benzene rings is 3. The quantitative estimate of drug-likeness (QED) is 0.145. The highest BCUT2D eigenvalue weighted by atomic mass is 35.5. The van der Waals surface area contributed by atoms with Crippen LogP contribution in [0.5, 0.6) is 0 Å². The van der Waals surface area contributed by atoms with Gasteiger partial charge in [0.05, 0.1) is 20.6 Å². The van der Waals surface area contributed by atoms with Crippen molar-refractivity contribution in [1.82, 2.24) is 10.2 Å². The summed E-state index contributed by atoms with van der Waals surface area (Å²) in [6, 6.07) is 15.0. The molecule has 11 nitrogen and oxygen atoms in total. The number of alkyl halides is 3. The van der Waals surface area contributed by atoms with E-state index in [2.05, 4.69) is 10.6 Å². The number of aliphatic carboxylic acids is 1. The number of carbonyl (C=O) groups excluding carboxylic acids is 2. The molecule has 3 amide bonds. The molecule has 0 saturated carbocycles. The predicted octanol–water partition coefficient (Wildman–Crippen LogP) is 6.85. The molecule has 5 N–H and O–H groups in total. The van der Waals surface area contributed by atoms with E-state index in [1.807, 2.05) is 13.8 Å². The minimum Gasteiger partial charge on any atom is -0.475 e. The molecule has 0 aromatic heterocycles. The first kappa shape index (κ1) is 40.8. The Hall–Kier alpha value is -3.60. The first-order chi connectivity index (χ1) is 23.5. The van der Waals surface area contributed by atoms with E-state index in [1.165, 1.54) is 36.4 Å². The smallest absolute Gasteiger partial charge is 0.475 e. The minimum absolute atomic E-state index is 0.0627. The van der Waals surface area contributed by atoms with Gasteiger partial charge in [0.25, 0.3) is 15.9 Å². The van der Waals surface area contributed by atoms with Gasteiger partial charge < -0.3 is 21.1 Å². The van der Waals surface area contributed by atoms with Crippen molar-refractivity contribution in [2.45, 2.75) is 49.7 Å². The number of fused-ring (bicyclic) bond motifs is 1. The average Bonchev–Trinajstić information content (AvgIpc) is 3.29. The molecule has 1 heterocycles. The molecule has 272 valence electrons. The van der Waals surface area contributed by atoms with Crippen LogP contribution in [-0.4, -0.2) is 68.7 Å². The second-order valence-electron chi connectivity index (χ2n) is 10.8. The van der Waals surface area contributed by atoms with Gasteiger partial charge in [-0.3, -0.25) is 10.1 Å². The number of unbranched alkanes of at least 4 members (excludes halogenated alkanes) is 2. The van der Waals surface area contributed by atoms with E-state index in [1.54, 1.807) is 29.2 Å². The van der Waals surface area contributed by atoms with Crippen molar-refractivity contribution in [2.24, 2.45) is 5.73 Å². The molecule has 1 atom stereocenters. The minimum atomic E-state index is -5.08. The van der Waals surface area contributed by atoms with E-state index in [0.717, 1.165) is 17.1 Å². The molecule has 0 radical (unpaired) electrons. The summed E-state index contributed by atoms with van der Waals surface area (Å²) in [5.74, 6) is -3.53. The Balaban J connectivity index is 0.000000872. The summed E-state index contributed by atoms with van der Waals surface area (Å²) in [5, 5.41) is 13.7. The Bertz CT molecular complexity index is 1810. The van der Waals surface area contributed by atoms with Gasteiger partial charge in [0.2, 0.25) is 0 Å². The first-order valence-electron chi connectivity index (χ1n) is 15.2. The molecule has 0 saturated heterocycles. The Morgan fingerprint density at radius 2 is 1.50 bits per heavy atom. The van der Waals surface area contributed by atoms with E-state index in [-0.39, 0.29) is 31.7 Å². The summed E-state index contributed by atoms with van der Waals surface area (Å²) in [4.78, 5) is 37.4. The summed E-state index contributed by atoms with van der Waals surface area (Å²) in [6.07, 6.45) is -2.79. The number of carbonyl (C=O) groups is 3. The molecule has 0 spiro atoms. The number of halogens is 6. The highest BCUT2D eigenvalue weighted by molar-refractivity contribution is 7.93. The van der Waals surface area contributed by atoms with Gasteiger partial charge in [-0.15, -0.1) is 0 Å². The zero-order valence-electron chi connectivity index (χ0n) is 26.9. The van der Waals surface area contributed by atoms with Crippen LogP contribution < -0.4 is 20.7 Å². The molecule has 18 heteroatoms. The van der Waals surface area contributed by atoms with E-state index >= 15 is 0 Å². The monoisotopic (exact) mass is 779 g/mol. The van der Waals surface area contributed by atoms with Crippen molar-refractivity contribution < 1.29 is 41.1 Å². The lowest BCUT2D eigenvalue weighted by Crippen LogP contribution is -2.53. The molecule has 1 aliphatic heterocycles. The molecule has 0 aliphatic carbocycles. The number of hydrogen-bond donors (Lipinski definition) is 4. The molecule has 50 heavy (non-hydrogen) atoms. The number of sulfonamides is 1. The number of nitrogens with one attached hydrogen (secondary N) is 2. The lowest BCUT2D eigenvalue weighted by atomic mass is 9.83. The third-order valence-corrected chi connectivity index (χ3v) is 10.4. The van der Waals surface area contributed by atoms with Crippen LogP contribution in [0.2, 0.25) is 15.1 Å². The Morgan fingerprint density at radius 3 is 2.04 bits per heavy atom. The standard InChI is InChI=1S/C30H34Cl3N5O4S.C2HF3O2/c1-3-37(4-2)29(40)36-20-12-14-21(15-13-20)43(41,42)38-27-19-26(33)25(32)18-23(27)30(28(38)39,35-17-9-5-8-16-34)22-10-6-7-11-24(22)31;3-2(4,5)1(6)7/h6-7,10-15,18-19,35H,3-5,8-9,16-17,34H2,1-2H3,(H,36,40);(H,6,7). The average molecular weight is 781 g/mol. The van der Waals surface area contributed by atoms with E-state index in [9.17, 15) is 31.2 Å². The van der Waals surface area contributed by atoms with Crippen molar-refractivity contribution in [1.29, 1.82) is 0 Å². The van der Waals surface area contributed by atoms with Gasteiger partial charge in [-0.1, -0.05) is 59.4 Å². The van der Waals surface area contributed by atoms with Crippen LogP contribution in [0.15, 0.2) is 65.6 Å². The fourth-order valence-corrected chi connectivity index (χ4v) is 7.22. The summed E-state index contributed by atoms with van der Waals surface area (Å²) >= 11 is 19.5. The largest absolute Gasteiger partial charge is 0.490 e. The number of hydrogen-bond acceptors (Lipinski definition) is 7. The van der Waals surface area contributed by atoms with Crippen molar-refractivity contribution >= 4 is 74.1 Å². The Morgan fingerprint density at radius 1 is 0.920 bits per heavy atom. The van der Waals surface area contributed by atoms with Gasteiger partial charge in [0.15, 0.2) is 5.54 Å². The maximum atomic E-state index is 14.6. The molecular formula is C32H35Cl3F3N5O6S. The number of anilines is 2. The number of urea groups is 1. The summed E-state index contributed by atoms with van der Waals surface area (Å²) in [6.45, 7) is 5.67. The highest BCUT2D eigenvalue weighted by Gasteiger charge is 2.57. The van der Waals surface area contributed by atoms with Crippen LogP contribution in [0.25, 0.3) is 0 Å². The van der Waals surface area contributed by atoms with E-state index in [0.29, 0.717) is 49.4 Å². The SMILES string of the molecule is CCN(CC)C(=O)Nc1ccc(S(=O)(=O)N2C(=O)C(NCCCCCN)(c3ccccc3Cl)c3cc(Cl)c(Cl)cc32)cc1.O=C(O)C(F)(F)F. The van der Waals surface area contributed by atoms with Crippen molar-refractivity contribution in [2.75, 3.05) is 35.8 Å². The van der Waals surface area contributed by atoms with Gasteiger partial charge in [0.1, 0.15) is 0 Å². The van der Waals surface area contributed by atoms with Crippen LogP contribution >= 0.6 is 34.8 Å². The van der Waals surface area contributed by atoms with Crippen molar-refractivity contribution in [3.05, 3.63) is 86.9 Å². The molecule has 3 aromatic rings. The van der Waals surface area contributed by atoms with Crippen molar-refractivity contribution in [3.8, 4) is 0 Å². The zero-order valence-corrected chi connectivity index (χ0v) is 29.9. The first-order valence-corrected chi connectivity index (χ1v) is 17.8. The fourth-order valence-electron chi connectivity index (χ4n) is 5.16. The number of carboxylic acids is 1. The second-order valence-corrected chi connectivity index (χ2v) is 13.8. The number of nitrogens with zero attached hydrogens (tertiary/aromatic N) is 2. The molecule has 0 fully saturated rings. The lowest BCUT2D eigenvalue weighted by molar-refractivity contribution is -0.192. The molecule has 3 aromatic carbocycles. The van der Waals surface area contributed by atoms with Crippen LogP contribution in [0, 0.1) is 0 Å². The lowest BCUT2D eigenvalue weighted by Gasteiger charge is -2.31. The van der Waals surface area contributed by atoms with E-state index in [4.69, 9.17) is 50.4 Å². The summed E-state index contributed by atoms with van der Waals surface area (Å²) in [5.41, 5.74) is 5.14. The molecule has 4 rings (SSSR count). The number of rotatable bonds is 12. The van der Waals surface area contributed by atoms with Crippen LogP contribution in [0.3, 0.4) is 0 Å².